The summed E-state index contributed by atoms with van der Waals surface area (Å²) >= 11 is 8.32. The van der Waals surface area contributed by atoms with Gasteiger partial charge in [0.05, 0.1) is 11.7 Å². The third-order valence-corrected chi connectivity index (χ3v) is 10.2. The van der Waals surface area contributed by atoms with Gasteiger partial charge in [0.25, 0.3) is 11.8 Å². The van der Waals surface area contributed by atoms with E-state index in [0.29, 0.717) is 11.6 Å². The number of hydrogen-bond donors (Lipinski definition) is 4. The lowest BCUT2D eigenvalue weighted by Gasteiger charge is -2.50. The zero-order valence-electron chi connectivity index (χ0n) is 23.6. The molecule has 15 nitrogen and oxygen atoms in total. The molecule has 0 spiro atoms. The third-order valence-electron chi connectivity index (χ3n) is 7.77. The first-order chi connectivity index (χ1) is 21.5. The van der Waals surface area contributed by atoms with E-state index in [9.17, 15) is 24.3 Å². The second-order valence-corrected chi connectivity index (χ2v) is 13.3. The van der Waals surface area contributed by atoms with Gasteiger partial charge in [-0.05, 0) is 26.0 Å². The largest absolute Gasteiger partial charge is 0.543 e. The van der Waals surface area contributed by atoms with Crippen molar-refractivity contribution >= 4 is 80.3 Å². The van der Waals surface area contributed by atoms with Gasteiger partial charge < -0.3 is 40.8 Å². The molecule has 236 valence electrons. The molecule has 0 saturated carbocycles. The summed E-state index contributed by atoms with van der Waals surface area (Å²) in [5, 5.41) is 30.4. The summed E-state index contributed by atoms with van der Waals surface area (Å²) in [5.74, 6) is -4.18. The van der Waals surface area contributed by atoms with Gasteiger partial charge in [-0.1, -0.05) is 28.1 Å². The number of carboxylic acid groups (broad SMARTS) is 2. The number of carbonyl (C=O) groups excluding carboxylic acids is 3. The van der Waals surface area contributed by atoms with Crippen molar-refractivity contribution in [1.82, 2.24) is 25.1 Å². The summed E-state index contributed by atoms with van der Waals surface area (Å²) in [6.45, 7) is 3.24. The van der Waals surface area contributed by atoms with E-state index in [2.05, 4.69) is 25.3 Å². The zero-order chi connectivity index (χ0) is 32.0. The van der Waals surface area contributed by atoms with Crippen LogP contribution in [0, 0.1) is 0 Å². The normalized spacial score (nSPS) is 22.3. The Labute approximate surface area is 268 Å². The van der Waals surface area contributed by atoms with Crippen molar-refractivity contribution in [2.75, 3.05) is 24.6 Å². The fourth-order valence-electron chi connectivity index (χ4n) is 5.56. The summed E-state index contributed by atoms with van der Waals surface area (Å²) in [6.07, 6.45) is 3.50. The highest BCUT2D eigenvalue weighted by atomic mass is 35.5. The van der Waals surface area contributed by atoms with Crippen molar-refractivity contribution in [3.8, 4) is 0 Å². The number of carboxylic acids is 2. The number of nitrogens with two attached hydrogens (primary N) is 1. The predicted molar refractivity (Wildman–Crippen MR) is 162 cm³/mol. The summed E-state index contributed by atoms with van der Waals surface area (Å²) in [6, 6.07) is 5.12. The average molecular weight is 675 g/mol. The Bertz CT molecular complexity index is 1780. The third kappa shape index (κ3) is 5.71. The van der Waals surface area contributed by atoms with Crippen LogP contribution in [-0.4, -0.2) is 85.4 Å². The van der Waals surface area contributed by atoms with Crippen molar-refractivity contribution in [3.05, 3.63) is 51.9 Å². The molecule has 2 saturated heterocycles. The molecule has 3 aromatic rings. The molecule has 0 unspecified atom stereocenters. The Balaban J connectivity index is 1.23. The molecule has 3 aromatic heterocycles. The van der Waals surface area contributed by atoms with E-state index in [1.54, 1.807) is 0 Å². The quantitative estimate of drug-likeness (QED) is 0.0929. The van der Waals surface area contributed by atoms with Gasteiger partial charge in [-0.25, -0.2) is 9.78 Å². The predicted octanol–water partition coefficient (Wildman–Crippen LogP) is -0.547. The lowest BCUT2D eigenvalue weighted by molar-refractivity contribution is -0.663. The minimum Gasteiger partial charge on any atom is -0.543 e. The van der Waals surface area contributed by atoms with Gasteiger partial charge in [-0.2, -0.15) is 4.57 Å². The van der Waals surface area contributed by atoms with E-state index >= 15 is 0 Å². The highest BCUT2D eigenvalue weighted by molar-refractivity contribution is 8.00. The molecule has 6 rings (SSSR count). The van der Waals surface area contributed by atoms with Gasteiger partial charge in [0.2, 0.25) is 11.6 Å². The van der Waals surface area contributed by atoms with E-state index in [4.69, 9.17) is 27.3 Å². The number of oxime groups is 1. The smallest absolute Gasteiger partial charge is 0.347 e. The van der Waals surface area contributed by atoms with Crippen molar-refractivity contribution in [2.45, 2.75) is 43.5 Å². The molecular weight excluding hydrogens is 648 g/mol. The first-order valence-electron chi connectivity index (χ1n) is 13.8. The van der Waals surface area contributed by atoms with Gasteiger partial charge in [-0.15, -0.1) is 11.8 Å². The van der Waals surface area contributed by atoms with Crippen molar-refractivity contribution in [1.29, 1.82) is 0 Å². The molecule has 45 heavy (non-hydrogen) atoms. The maximum absolute atomic E-state index is 13.3. The number of nitrogens with zero attached hydrogens (tertiary/aromatic N) is 5. The number of anilines is 1. The number of carbonyl (C=O) groups is 4. The molecule has 4 atom stereocenters. The number of rotatable bonds is 10. The zero-order valence-corrected chi connectivity index (χ0v) is 26.0. The van der Waals surface area contributed by atoms with Crippen LogP contribution in [0.1, 0.15) is 25.1 Å². The SMILES string of the molecule is C[C@H](O/N=C(\C(=O)N[C@@H]1C(=O)N2C(C(=O)[O-])=C(C[n+]3cccc4c3ccn4[C@H]3CCNC3)CS[C@H]12)c1nc(N)sc1Cl)C(=O)O. The van der Waals surface area contributed by atoms with Crippen LogP contribution in [0.5, 0.6) is 0 Å². The molecule has 3 aliphatic rings. The molecule has 6 heterocycles. The fourth-order valence-corrected chi connectivity index (χ4v) is 7.82. The summed E-state index contributed by atoms with van der Waals surface area (Å²) in [7, 11) is 0. The number of halogens is 1. The second kappa shape index (κ2) is 12.3. The number of nitrogen functional groups attached to an aromatic ring is 1. The lowest BCUT2D eigenvalue weighted by atomic mass is 10.0. The van der Waals surface area contributed by atoms with Crippen LogP contribution in [0.25, 0.3) is 11.0 Å². The summed E-state index contributed by atoms with van der Waals surface area (Å²) in [5.41, 5.74) is 7.26. The van der Waals surface area contributed by atoms with E-state index in [0.717, 1.165) is 46.8 Å². The molecule has 0 aromatic carbocycles. The fraction of sp³-hybridized carbons (Fsp3) is 0.370. The van der Waals surface area contributed by atoms with Crippen LogP contribution in [0.4, 0.5) is 5.13 Å². The van der Waals surface area contributed by atoms with Crippen molar-refractivity contribution in [3.63, 3.8) is 0 Å². The molecule has 0 bridgehead atoms. The first-order valence-corrected chi connectivity index (χ1v) is 16.1. The van der Waals surface area contributed by atoms with Crippen molar-refractivity contribution in [2.24, 2.45) is 5.16 Å². The highest BCUT2D eigenvalue weighted by Crippen LogP contribution is 2.40. The van der Waals surface area contributed by atoms with Crippen molar-refractivity contribution < 1.29 is 38.8 Å². The monoisotopic (exact) mass is 674 g/mol. The Morgan fingerprint density at radius 1 is 1.40 bits per heavy atom. The number of β-lactam (4-membered cyclic amide) rings is 1. The summed E-state index contributed by atoms with van der Waals surface area (Å²) < 4.78 is 4.16. The van der Waals surface area contributed by atoms with E-state index < -0.39 is 47.0 Å². The number of nitrogens with one attached hydrogen (secondary N) is 2. The van der Waals surface area contributed by atoms with Gasteiger partial charge in [0.1, 0.15) is 27.0 Å². The number of hydrogen-bond acceptors (Lipinski definition) is 12. The van der Waals surface area contributed by atoms with Crippen LogP contribution < -0.4 is 26.0 Å². The molecule has 3 aliphatic heterocycles. The molecule has 5 N–H and O–H groups in total. The topological polar surface area (TPSA) is 208 Å². The minimum atomic E-state index is -1.50. The number of amides is 2. The molecule has 18 heteroatoms. The maximum Gasteiger partial charge on any atom is 0.347 e. The number of aliphatic carboxylic acids is 2. The Hall–Kier alpha value is -4.19. The van der Waals surface area contributed by atoms with Gasteiger partial charge in [-0.3, -0.25) is 14.5 Å². The van der Waals surface area contributed by atoms with Crippen LogP contribution in [0.2, 0.25) is 4.34 Å². The van der Waals surface area contributed by atoms with E-state index in [-0.39, 0.29) is 33.2 Å². The van der Waals surface area contributed by atoms with Gasteiger partial charge in [0, 0.05) is 42.2 Å². The minimum absolute atomic E-state index is 0.00355. The number of thiazole rings is 1. The van der Waals surface area contributed by atoms with Crippen LogP contribution in [-0.2, 0) is 30.6 Å². The summed E-state index contributed by atoms with van der Waals surface area (Å²) in [4.78, 5) is 60.3. The molecule has 0 aliphatic carbocycles. The number of fused-ring (bicyclic) bond motifs is 2. The van der Waals surface area contributed by atoms with E-state index in [1.807, 2.05) is 35.2 Å². The molecular formula is C27H27ClN8O7S2. The number of thioether (sulfide) groups is 1. The Kier molecular flexibility index (Phi) is 8.43. The van der Waals surface area contributed by atoms with E-state index in [1.165, 1.54) is 18.7 Å². The highest BCUT2D eigenvalue weighted by Gasteiger charge is 2.53. The first kappa shape index (κ1) is 30.8. The molecule has 0 radical (unpaired) electrons. The van der Waals surface area contributed by atoms with Crippen LogP contribution in [0.15, 0.2) is 47.0 Å². The van der Waals surface area contributed by atoms with Gasteiger partial charge in [0.15, 0.2) is 23.6 Å². The number of pyridine rings is 1. The number of aromatic nitrogens is 3. The average Bonchev–Trinajstić information content (AvgIpc) is 3.76. The van der Waals surface area contributed by atoms with Crippen LogP contribution >= 0.6 is 34.7 Å². The maximum atomic E-state index is 13.3. The molecule has 2 amide bonds. The standard InChI is InChI=1S/C27H27ClN8O7S2/c1-12(25(39)40)43-33-18(17-21(28)45-27(29)32-17)22(37)31-19-23(38)36-20(26(41)42)13(11-44-24(19)36)10-34-7-2-3-16-15(34)5-8-35(16)14-4-6-30-9-14/h2-3,5,7-8,12,14,19,24,30H,4,6,9-11H2,1H3,(H4-,29,31,32,37,39,40,41,42)/b33-18-/t12-,14-,19+,24+/m0/s1. The Morgan fingerprint density at radius 2 is 2.20 bits per heavy atom. The van der Waals surface area contributed by atoms with Gasteiger partial charge >= 0.3 is 5.97 Å². The lowest BCUT2D eigenvalue weighted by Crippen LogP contribution is -2.71. The van der Waals surface area contributed by atoms with Crippen LogP contribution in [0.3, 0.4) is 0 Å². The molecule has 2 fully saturated rings. The second-order valence-electron chi connectivity index (χ2n) is 10.6. The Morgan fingerprint density at radius 3 is 2.87 bits per heavy atom.